The third-order valence-corrected chi connectivity index (χ3v) is 6.14. The molecule has 172 valence electrons. The molecule has 0 spiro atoms. The van der Waals surface area contributed by atoms with Crippen molar-refractivity contribution in [3.05, 3.63) is 71.4 Å². The Morgan fingerprint density at radius 3 is 2.45 bits per heavy atom. The maximum atomic E-state index is 12.7. The molecule has 0 atom stereocenters. The number of carbonyl (C=O) groups excluding carboxylic acids is 1. The van der Waals surface area contributed by atoms with Crippen LogP contribution in [0.4, 0.5) is 18.9 Å². The number of ether oxygens (including phenoxy) is 1. The first kappa shape index (κ1) is 23.3. The molecular formula is C24H22F3N3O2S. The Hall–Kier alpha value is -2.91. The Morgan fingerprint density at radius 1 is 1.09 bits per heavy atom. The van der Waals surface area contributed by atoms with Crippen molar-refractivity contribution in [2.75, 3.05) is 11.1 Å². The number of amides is 1. The van der Waals surface area contributed by atoms with Gasteiger partial charge in [-0.15, -0.1) is 0 Å². The van der Waals surface area contributed by atoms with Crippen molar-refractivity contribution in [1.29, 1.82) is 0 Å². The summed E-state index contributed by atoms with van der Waals surface area (Å²) >= 11 is 1.26. The number of thioether (sulfide) groups is 1. The summed E-state index contributed by atoms with van der Waals surface area (Å²) < 4.78 is 44.1. The number of carbonyl (C=O) groups is 1. The van der Waals surface area contributed by atoms with Crippen LogP contribution in [0.3, 0.4) is 0 Å². The minimum atomic E-state index is -4.42. The fraction of sp³-hybridized carbons (Fsp3) is 0.292. The van der Waals surface area contributed by atoms with Crippen LogP contribution in [0.5, 0.6) is 0 Å². The number of nitrogens with one attached hydrogen (secondary N) is 1. The summed E-state index contributed by atoms with van der Waals surface area (Å²) in [5.74, 6) is 0.283. The Bertz CT molecular complexity index is 1150. The molecule has 1 amide bonds. The van der Waals surface area contributed by atoms with Crippen LogP contribution in [0.25, 0.3) is 11.4 Å². The number of anilines is 1. The van der Waals surface area contributed by atoms with Crippen molar-refractivity contribution in [3.63, 3.8) is 0 Å². The zero-order chi connectivity index (χ0) is 23.6. The summed E-state index contributed by atoms with van der Waals surface area (Å²) in [6, 6.07) is 14.0. The van der Waals surface area contributed by atoms with Crippen molar-refractivity contribution in [2.24, 2.45) is 0 Å². The number of hydrogen-bond donors (Lipinski definition) is 1. The van der Waals surface area contributed by atoms with Gasteiger partial charge in [0.15, 0.2) is 5.82 Å². The fourth-order valence-corrected chi connectivity index (χ4v) is 4.27. The van der Waals surface area contributed by atoms with Crippen LogP contribution in [0.2, 0.25) is 0 Å². The van der Waals surface area contributed by atoms with E-state index >= 15 is 0 Å². The third-order valence-electron chi connectivity index (χ3n) is 5.12. The summed E-state index contributed by atoms with van der Waals surface area (Å²) in [7, 11) is 0. The van der Waals surface area contributed by atoms with Crippen LogP contribution in [0.15, 0.2) is 59.6 Å². The Balaban J connectivity index is 1.52. The molecule has 0 saturated heterocycles. The molecule has 33 heavy (non-hydrogen) atoms. The van der Waals surface area contributed by atoms with E-state index < -0.39 is 11.7 Å². The first-order chi connectivity index (χ1) is 15.6. The van der Waals surface area contributed by atoms with Crippen LogP contribution in [-0.2, 0) is 28.7 Å². The molecule has 3 aromatic rings. The third kappa shape index (κ3) is 5.72. The standard InChI is InChI=1S/C24H22F3N3O2S/c1-23(2)12-19-18(13-32-23)22(30-21(29-19)15-6-4-3-5-7-15)33-14-20(31)28-17-10-8-16(9-11-17)24(25,26)27/h3-11H,12-14H2,1-2H3,(H,28,31). The summed E-state index contributed by atoms with van der Waals surface area (Å²) in [6.45, 7) is 4.36. The lowest BCUT2D eigenvalue weighted by Gasteiger charge is -2.32. The molecular weight excluding hydrogens is 451 g/mol. The quantitative estimate of drug-likeness (QED) is 0.378. The average Bonchev–Trinajstić information content (AvgIpc) is 2.76. The van der Waals surface area contributed by atoms with Gasteiger partial charge in [-0.1, -0.05) is 42.1 Å². The normalized spacial score (nSPS) is 15.1. The van der Waals surface area contributed by atoms with E-state index in [4.69, 9.17) is 9.72 Å². The molecule has 4 rings (SSSR count). The highest BCUT2D eigenvalue weighted by Gasteiger charge is 2.31. The van der Waals surface area contributed by atoms with E-state index in [0.717, 1.165) is 29.0 Å². The molecule has 2 aromatic carbocycles. The van der Waals surface area contributed by atoms with E-state index in [2.05, 4.69) is 10.3 Å². The average molecular weight is 474 g/mol. The first-order valence-corrected chi connectivity index (χ1v) is 11.3. The van der Waals surface area contributed by atoms with Crippen molar-refractivity contribution in [3.8, 4) is 11.4 Å². The minimum absolute atomic E-state index is 0.0437. The highest BCUT2D eigenvalue weighted by atomic mass is 32.2. The molecule has 1 aromatic heterocycles. The molecule has 0 saturated carbocycles. The number of aromatic nitrogens is 2. The smallest absolute Gasteiger partial charge is 0.370 e. The number of hydrogen-bond acceptors (Lipinski definition) is 5. The monoisotopic (exact) mass is 473 g/mol. The second-order valence-electron chi connectivity index (χ2n) is 8.28. The van der Waals surface area contributed by atoms with Gasteiger partial charge in [-0.25, -0.2) is 9.97 Å². The Morgan fingerprint density at radius 2 is 1.79 bits per heavy atom. The van der Waals surface area contributed by atoms with Crippen LogP contribution < -0.4 is 5.32 Å². The van der Waals surface area contributed by atoms with Crippen molar-refractivity contribution < 1.29 is 22.7 Å². The molecule has 0 bridgehead atoms. The summed E-state index contributed by atoms with van der Waals surface area (Å²) in [5, 5.41) is 3.29. The molecule has 5 nitrogen and oxygen atoms in total. The van der Waals surface area contributed by atoms with Crippen molar-refractivity contribution in [1.82, 2.24) is 9.97 Å². The number of halogens is 3. The van der Waals surface area contributed by atoms with E-state index in [1.54, 1.807) is 0 Å². The van der Waals surface area contributed by atoms with Gasteiger partial charge in [-0.3, -0.25) is 4.79 Å². The Labute approximate surface area is 193 Å². The van der Waals surface area contributed by atoms with Gasteiger partial charge in [-0.05, 0) is 38.1 Å². The van der Waals surface area contributed by atoms with Gasteiger partial charge in [0, 0.05) is 23.2 Å². The lowest BCUT2D eigenvalue weighted by Crippen LogP contribution is -2.33. The van der Waals surface area contributed by atoms with E-state index in [-0.39, 0.29) is 17.3 Å². The van der Waals surface area contributed by atoms with Gasteiger partial charge < -0.3 is 10.1 Å². The molecule has 0 radical (unpaired) electrons. The Kier molecular flexibility index (Phi) is 6.45. The van der Waals surface area contributed by atoms with Crippen molar-refractivity contribution >= 4 is 23.4 Å². The van der Waals surface area contributed by atoms with Gasteiger partial charge in [-0.2, -0.15) is 13.2 Å². The molecule has 0 fully saturated rings. The summed E-state index contributed by atoms with van der Waals surface area (Å²) in [4.78, 5) is 21.9. The van der Waals surface area contributed by atoms with Gasteiger partial charge >= 0.3 is 6.18 Å². The molecule has 9 heteroatoms. The predicted molar refractivity (Wildman–Crippen MR) is 121 cm³/mol. The van der Waals surface area contributed by atoms with E-state index in [1.807, 2.05) is 44.2 Å². The first-order valence-electron chi connectivity index (χ1n) is 10.3. The van der Waals surface area contributed by atoms with Gasteiger partial charge in [0.25, 0.3) is 0 Å². The zero-order valence-corrected chi connectivity index (χ0v) is 18.9. The number of fused-ring (bicyclic) bond motifs is 1. The van der Waals surface area contributed by atoms with E-state index in [1.165, 1.54) is 23.9 Å². The molecule has 2 heterocycles. The maximum absolute atomic E-state index is 12.7. The van der Waals surface area contributed by atoms with Crippen LogP contribution in [0.1, 0.15) is 30.7 Å². The lowest BCUT2D eigenvalue weighted by atomic mass is 9.96. The fourth-order valence-electron chi connectivity index (χ4n) is 3.43. The number of rotatable bonds is 5. The predicted octanol–water partition coefficient (Wildman–Crippen LogP) is 5.74. The molecule has 1 aliphatic rings. The number of benzene rings is 2. The number of nitrogens with zero attached hydrogens (tertiary/aromatic N) is 2. The topological polar surface area (TPSA) is 64.1 Å². The second-order valence-corrected chi connectivity index (χ2v) is 9.24. The molecule has 0 aliphatic carbocycles. The minimum Gasteiger partial charge on any atom is -0.370 e. The van der Waals surface area contributed by atoms with Crippen LogP contribution in [-0.4, -0.2) is 27.2 Å². The summed E-state index contributed by atoms with van der Waals surface area (Å²) in [5.41, 5.74) is 1.82. The van der Waals surface area contributed by atoms with Gasteiger partial charge in [0.1, 0.15) is 5.03 Å². The molecule has 0 unspecified atom stereocenters. The largest absolute Gasteiger partial charge is 0.416 e. The molecule has 1 N–H and O–H groups in total. The zero-order valence-electron chi connectivity index (χ0n) is 18.1. The van der Waals surface area contributed by atoms with Crippen molar-refractivity contribution in [2.45, 2.75) is 43.7 Å². The lowest BCUT2D eigenvalue weighted by molar-refractivity contribution is -0.137. The van der Waals surface area contributed by atoms with Crippen LogP contribution in [0, 0.1) is 0 Å². The SMILES string of the molecule is CC1(C)Cc2nc(-c3ccccc3)nc(SCC(=O)Nc3ccc(C(F)(F)F)cc3)c2CO1. The maximum Gasteiger partial charge on any atom is 0.416 e. The van der Waals surface area contributed by atoms with Gasteiger partial charge in [0.05, 0.1) is 29.2 Å². The highest BCUT2D eigenvalue weighted by Crippen LogP contribution is 2.34. The van der Waals surface area contributed by atoms with E-state index in [9.17, 15) is 18.0 Å². The van der Waals surface area contributed by atoms with E-state index in [0.29, 0.717) is 29.6 Å². The summed E-state index contributed by atoms with van der Waals surface area (Å²) in [6.07, 6.45) is -3.80. The second kappa shape index (κ2) is 9.15. The van der Waals surface area contributed by atoms with Gasteiger partial charge in [0.2, 0.25) is 5.91 Å². The molecule has 1 aliphatic heterocycles. The number of alkyl halides is 3. The van der Waals surface area contributed by atoms with Crippen LogP contribution >= 0.6 is 11.8 Å². The highest BCUT2D eigenvalue weighted by molar-refractivity contribution is 8.00.